The van der Waals surface area contributed by atoms with Gasteiger partial charge in [0.2, 0.25) is 0 Å². The zero-order valence-corrected chi connectivity index (χ0v) is 27.3. The van der Waals surface area contributed by atoms with Crippen molar-refractivity contribution < 1.29 is 41.8 Å². The highest BCUT2D eigenvalue weighted by atomic mass is 19.1. The maximum absolute atomic E-state index is 13.8. The van der Waals surface area contributed by atoms with E-state index in [-0.39, 0.29) is 49.7 Å². The Kier molecular flexibility index (Phi) is 14.8. The van der Waals surface area contributed by atoms with Crippen LogP contribution in [0.15, 0.2) is 54.6 Å². The number of carbonyl (C=O) groups excluding carboxylic acids is 3. The zero-order chi connectivity index (χ0) is 35.2. The molecule has 0 aromatic heterocycles. The summed E-state index contributed by atoms with van der Waals surface area (Å²) in [6, 6.07) is 9.69. The summed E-state index contributed by atoms with van der Waals surface area (Å²) in [7, 11) is 0. The summed E-state index contributed by atoms with van der Waals surface area (Å²) in [5.41, 5.74) is 1.34. The summed E-state index contributed by atoms with van der Waals surface area (Å²) in [6.45, 7) is 6.71. The van der Waals surface area contributed by atoms with Gasteiger partial charge in [0.15, 0.2) is 0 Å². The number of amides is 3. The van der Waals surface area contributed by atoms with E-state index >= 15 is 0 Å². The monoisotopic (exact) mass is 674 g/mol. The van der Waals surface area contributed by atoms with Crippen molar-refractivity contribution >= 4 is 23.6 Å². The largest absolute Gasteiger partial charge is 0.448 e. The second-order valence-corrected chi connectivity index (χ2v) is 11.4. The number of nitrogens with one attached hydrogen (secondary N) is 3. The van der Waals surface area contributed by atoms with Crippen LogP contribution in [0.5, 0.6) is 0 Å². The molecular formula is C35H42F4N4O5. The molecule has 0 aliphatic heterocycles. The van der Waals surface area contributed by atoms with Crippen LogP contribution >= 0.6 is 0 Å². The summed E-state index contributed by atoms with van der Waals surface area (Å²) in [5, 5.41) is 18.9. The maximum Gasteiger partial charge on any atom is 0.411 e. The number of anilines is 1. The first-order valence-electron chi connectivity index (χ1n) is 15.8. The molecule has 2 atom stereocenters. The number of halogens is 4. The summed E-state index contributed by atoms with van der Waals surface area (Å²) in [4.78, 5) is 40.4. The van der Waals surface area contributed by atoms with Gasteiger partial charge in [0, 0.05) is 49.4 Å². The average Bonchev–Trinajstić information content (AvgIpc) is 3.02. The highest BCUT2D eigenvalue weighted by Gasteiger charge is 2.24. The third kappa shape index (κ3) is 11.9. The van der Waals surface area contributed by atoms with Crippen molar-refractivity contribution in [1.82, 2.24) is 15.5 Å². The van der Waals surface area contributed by atoms with Gasteiger partial charge in [-0.3, -0.25) is 14.9 Å². The van der Waals surface area contributed by atoms with Gasteiger partial charge in [0.05, 0.1) is 17.8 Å². The van der Waals surface area contributed by atoms with Crippen LogP contribution in [-0.2, 0) is 11.2 Å². The number of aliphatic hydroxyl groups is 1. The second-order valence-electron chi connectivity index (χ2n) is 11.4. The molecule has 0 unspecified atom stereocenters. The molecule has 0 bridgehead atoms. The van der Waals surface area contributed by atoms with Crippen LogP contribution in [0.3, 0.4) is 0 Å². The molecule has 3 rings (SSSR count). The fourth-order valence-electron chi connectivity index (χ4n) is 5.11. The Hall–Kier alpha value is -4.49. The van der Waals surface area contributed by atoms with Gasteiger partial charge >= 0.3 is 6.09 Å². The van der Waals surface area contributed by atoms with Crippen LogP contribution < -0.4 is 16.0 Å². The van der Waals surface area contributed by atoms with E-state index in [1.807, 2.05) is 13.8 Å². The van der Waals surface area contributed by atoms with Gasteiger partial charge in [-0.1, -0.05) is 13.8 Å². The standard InChI is InChI=1S/C35H42F4N4O5/c1-4-11-43(12-5-2)34(46)25-15-22(3)14-24(18-25)33(45)41-31(8-6-23-16-27(37)19-28(38)17-23)32(44)21-40-10-13-48-35(47)42-30-9-7-26(36)20-29(30)39/h7,9,14-20,31-32,40,44H,4-6,8,10-13,21H2,1-3H3,(H,41,45)(H,42,47)/t31-,32+/m0/s1. The number of hydrogen-bond donors (Lipinski definition) is 4. The van der Waals surface area contributed by atoms with Crippen LogP contribution in [0.1, 0.15) is 65.0 Å². The molecule has 0 heterocycles. The first-order chi connectivity index (χ1) is 22.9. The average molecular weight is 675 g/mol. The molecule has 0 aliphatic carbocycles. The lowest BCUT2D eigenvalue weighted by atomic mass is 9.99. The number of rotatable bonds is 17. The molecule has 3 amide bonds. The molecule has 0 saturated carbocycles. The molecule has 48 heavy (non-hydrogen) atoms. The van der Waals surface area contributed by atoms with Crippen molar-refractivity contribution in [3.63, 3.8) is 0 Å². The van der Waals surface area contributed by atoms with E-state index < -0.39 is 47.4 Å². The van der Waals surface area contributed by atoms with Gasteiger partial charge in [-0.25, -0.2) is 22.4 Å². The van der Waals surface area contributed by atoms with Crippen molar-refractivity contribution in [1.29, 1.82) is 0 Å². The van der Waals surface area contributed by atoms with Gasteiger partial charge in [0.25, 0.3) is 11.8 Å². The topological polar surface area (TPSA) is 120 Å². The number of hydrogen-bond acceptors (Lipinski definition) is 6. The minimum Gasteiger partial charge on any atom is -0.448 e. The van der Waals surface area contributed by atoms with Crippen molar-refractivity contribution in [2.24, 2.45) is 0 Å². The van der Waals surface area contributed by atoms with Crippen molar-refractivity contribution in [2.75, 3.05) is 38.1 Å². The Balaban J connectivity index is 1.66. The summed E-state index contributed by atoms with van der Waals surface area (Å²) in [5.74, 6) is -4.01. The van der Waals surface area contributed by atoms with Gasteiger partial charge in [-0.05, 0) is 86.2 Å². The number of ether oxygens (including phenoxy) is 1. The predicted molar refractivity (Wildman–Crippen MR) is 174 cm³/mol. The van der Waals surface area contributed by atoms with E-state index in [4.69, 9.17) is 4.74 Å². The Bertz CT molecular complexity index is 1530. The van der Waals surface area contributed by atoms with Crippen LogP contribution in [0.25, 0.3) is 0 Å². The van der Waals surface area contributed by atoms with E-state index in [0.717, 1.165) is 31.0 Å². The number of aliphatic hydroxyl groups excluding tert-OH is 1. The number of benzene rings is 3. The lowest BCUT2D eigenvalue weighted by Gasteiger charge is -2.25. The lowest BCUT2D eigenvalue weighted by Crippen LogP contribution is -2.48. The first kappa shape index (κ1) is 38.0. The lowest BCUT2D eigenvalue weighted by molar-refractivity contribution is 0.0755. The maximum atomic E-state index is 13.8. The third-order valence-corrected chi connectivity index (χ3v) is 7.34. The molecule has 4 N–H and O–H groups in total. The number of carbonyl (C=O) groups is 3. The molecule has 0 fully saturated rings. The van der Waals surface area contributed by atoms with Crippen LogP contribution in [0.2, 0.25) is 0 Å². The van der Waals surface area contributed by atoms with E-state index in [9.17, 15) is 37.1 Å². The van der Waals surface area contributed by atoms with Crippen molar-refractivity contribution in [2.45, 2.75) is 58.6 Å². The van der Waals surface area contributed by atoms with E-state index in [0.29, 0.717) is 35.8 Å². The molecule has 260 valence electrons. The summed E-state index contributed by atoms with van der Waals surface area (Å²) < 4.78 is 59.4. The van der Waals surface area contributed by atoms with Crippen molar-refractivity contribution in [3.8, 4) is 0 Å². The Morgan fingerprint density at radius 2 is 1.54 bits per heavy atom. The first-order valence-corrected chi connectivity index (χ1v) is 15.8. The normalized spacial score (nSPS) is 12.2. The van der Waals surface area contributed by atoms with Gasteiger partial charge in [0.1, 0.15) is 29.9 Å². The van der Waals surface area contributed by atoms with E-state index in [1.165, 1.54) is 18.2 Å². The Morgan fingerprint density at radius 3 is 2.19 bits per heavy atom. The number of aryl methyl sites for hydroxylation is 2. The van der Waals surface area contributed by atoms with Crippen molar-refractivity contribution in [3.05, 3.63) is 100 Å². The Morgan fingerprint density at radius 1 is 0.875 bits per heavy atom. The SMILES string of the molecule is CCCN(CCC)C(=O)c1cc(C)cc(C(=O)N[C@@H](CCc2cc(F)cc(F)c2)[C@H](O)CNCCOC(=O)Nc2ccc(F)cc2F)c1. The molecule has 0 aliphatic rings. The zero-order valence-electron chi connectivity index (χ0n) is 27.3. The number of nitrogens with zero attached hydrogens (tertiary/aromatic N) is 1. The molecule has 9 nitrogen and oxygen atoms in total. The summed E-state index contributed by atoms with van der Waals surface area (Å²) >= 11 is 0. The fourth-order valence-corrected chi connectivity index (χ4v) is 5.11. The van der Waals surface area contributed by atoms with Gasteiger partial charge < -0.3 is 25.4 Å². The molecule has 0 radical (unpaired) electrons. The van der Waals surface area contributed by atoms with Crippen LogP contribution in [-0.4, -0.2) is 72.8 Å². The second kappa shape index (κ2) is 18.7. The highest BCUT2D eigenvalue weighted by Crippen LogP contribution is 2.17. The smallest absolute Gasteiger partial charge is 0.411 e. The minimum atomic E-state index is -1.19. The van der Waals surface area contributed by atoms with E-state index in [2.05, 4.69) is 16.0 Å². The van der Waals surface area contributed by atoms with Gasteiger partial charge in [-0.2, -0.15) is 0 Å². The van der Waals surface area contributed by atoms with E-state index in [1.54, 1.807) is 24.0 Å². The van der Waals surface area contributed by atoms with Crippen LogP contribution in [0.4, 0.5) is 28.0 Å². The molecule has 3 aromatic carbocycles. The molecular weight excluding hydrogens is 632 g/mol. The van der Waals surface area contributed by atoms with Crippen LogP contribution in [0, 0.1) is 30.2 Å². The third-order valence-electron chi connectivity index (χ3n) is 7.34. The Labute approximate surface area is 277 Å². The fraction of sp³-hybridized carbons (Fsp3) is 0.400. The molecule has 3 aromatic rings. The molecule has 0 saturated heterocycles. The minimum absolute atomic E-state index is 0.0689. The predicted octanol–water partition coefficient (Wildman–Crippen LogP) is 5.74. The molecule has 0 spiro atoms. The summed E-state index contributed by atoms with van der Waals surface area (Å²) in [6.07, 6.45) is -0.367. The molecule has 13 heteroatoms. The van der Waals surface area contributed by atoms with Gasteiger partial charge in [-0.15, -0.1) is 0 Å². The highest BCUT2D eigenvalue weighted by molar-refractivity contribution is 6.00. The quantitative estimate of drug-likeness (QED) is 0.107.